The van der Waals surface area contributed by atoms with Crippen LogP contribution in [0.1, 0.15) is 51.9 Å². The van der Waals surface area contributed by atoms with E-state index in [1.54, 1.807) is 6.92 Å². The average molecular weight is 483 g/mol. The number of methoxy groups -OCH3 is 1. The molecule has 2 heterocycles. The Balaban J connectivity index is 1.66. The van der Waals surface area contributed by atoms with Gasteiger partial charge in [-0.15, -0.1) is 0 Å². The monoisotopic (exact) mass is 483 g/mol. The van der Waals surface area contributed by atoms with Crippen LogP contribution in [0.25, 0.3) is 0 Å². The fourth-order valence-corrected chi connectivity index (χ4v) is 3.99. The van der Waals surface area contributed by atoms with Crippen LogP contribution in [0.2, 0.25) is 0 Å². The molecule has 3 aromatic rings. The van der Waals surface area contributed by atoms with Crippen LogP contribution < -0.4 is 15.0 Å². The Morgan fingerprint density at radius 1 is 1.14 bits per heavy atom. The maximum atomic E-state index is 13.5. The highest BCUT2D eigenvalue weighted by atomic mass is 19.4. The molecule has 35 heavy (non-hydrogen) atoms. The molecule has 1 aliphatic heterocycles. The second-order valence-electron chi connectivity index (χ2n) is 8.03. The van der Waals surface area contributed by atoms with Gasteiger partial charge in [0.15, 0.2) is 5.69 Å². The van der Waals surface area contributed by atoms with Crippen LogP contribution in [0.15, 0.2) is 48.7 Å². The molecule has 0 saturated carbocycles. The summed E-state index contributed by atoms with van der Waals surface area (Å²) in [6, 6.07) is 9.87. The summed E-state index contributed by atoms with van der Waals surface area (Å²) in [7, 11) is 1.41. The van der Waals surface area contributed by atoms with Gasteiger partial charge in [0.1, 0.15) is 11.8 Å². The standard InChI is InChI=1S/C24H20F3N5O3/c1-13-14(2)32-21(23(34)31(13)18-7-5-17(6-8-18)24(25,26)27)19(12-29-32)30-22(33)15-4-9-20(35-3)16(10-15)11-28/h4-10,12-14H,1-3H3,(H,30,33)/t13-,14-/m0/s1. The lowest BCUT2D eigenvalue weighted by Gasteiger charge is -2.38. The van der Waals surface area contributed by atoms with Crippen molar-refractivity contribution in [1.82, 2.24) is 9.78 Å². The number of amides is 2. The minimum absolute atomic E-state index is 0.0952. The fourth-order valence-electron chi connectivity index (χ4n) is 3.99. The molecule has 8 nitrogen and oxygen atoms in total. The SMILES string of the molecule is COc1ccc(C(=O)Nc2cnn3c2C(=O)N(c2ccc(C(F)(F)F)cc2)[C@@H](C)[C@@H]3C)cc1C#N. The molecule has 0 fully saturated rings. The lowest BCUT2D eigenvalue weighted by atomic mass is 10.0. The van der Waals surface area contributed by atoms with Gasteiger partial charge in [0.25, 0.3) is 11.8 Å². The largest absolute Gasteiger partial charge is 0.495 e. The zero-order chi connectivity index (χ0) is 25.5. The number of hydrogen-bond acceptors (Lipinski definition) is 5. The van der Waals surface area contributed by atoms with Gasteiger partial charge in [-0.1, -0.05) is 0 Å². The molecule has 1 aromatic heterocycles. The number of hydrogen-bond donors (Lipinski definition) is 1. The van der Waals surface area contributed by atoms with E-state index < -0.39 is 29.6 Å². The third kappa shape index (κ3) is 4.19. The van der Waals surface area contributed by atoms with E-state index in [9.17, 15) is 28.0 Å². The second-order valence-corrected chi connectivity index (χ2v) is 8.03. The smallest absolute Gasteiger partial charge is 0.416 e. The Bertz CT molecular complexity index is 1340. The molecular formula is C24H20F3N5O3. The number of aromatic nitrogens is 2. The number of nitrogens with one attached hydrogen (secondary N) is 1. The van der Waals surface area contributed by atoms with E-state index in [4.69, 9.17) is 4.74 Å². The first-order valence-corrected chi connectivity index (χ1v) is 10.5. The fraction of sp³-hybridized carbons (Fsp3) is 0.250. The lowest BCUT2D eigenvalue weighted by Crippen LogP contribution is -2.49. The summed E-state index contributed by atoms with van der Waals surface area (Å²) >= 11 is 0. The number of alkyl halides is 3. The molecule has 4 rings (SSSR count). The van der Waals surface area contributed by atoms with Crippen molar-refractivity contribution in [3.05, 3.63) is 71.0 Å². The molecule has 1 N–H and O–H groups in total. The maximum Gasteiger partial charge on any atom is 0.416 e. The van der Waals surface area contributed by atoms with E-state index in [1.807, 2.05) is 13.0 Å². The number of anilines is 2. The molecule has 2 aromatic carbocycles. The van der Waals surface area contributed by atoms with E-state index in [0.717, 1.165) is 12.1 Å². The van der Waals surface area contributed by atoms with Crippen molar-refractivity contribution >= 4 is 23.2 Å². The van der Waals surface area contributed by atoms with Crippen molar-refractivity contribution in [3.8, 4) is 11.8 Å². The highest BCUT2D eigenvalue weighted by molar-refractivity contribution is 6.13. The van der Waals surface area contributed by atoms with Gasteiger partial charge in [0.05, 0.1) is 42.2 Å². The van der Waals surface area contributed by atoms with Gasteiger partial charge >= 0.3 is 6.18 Å². The Kier molecular flexibility index (Phi) is 5.98. The van der Waals surface area contributed by atoms with Gasteiger partial charge in [-0.3, -0.25) is 14.3 Å². The first-order chi connectivity index (χ1) is 16.6. The predicted molar refractivity (Wildman–Crippen MR) is 120 cm³/mol. The van der Waals surface area contributed by atoms with Crippen LogP contribution in [0.4, 0.5) is 24.5 Å². The summed E-state index contributed by atoms with van der Waals surface area (Å²) in [4.78, 5) is 27.7. The van der Waals surface area contributed by atoms with Gasteiger partial charge < -0.3 is 15.0 Å². The van der Waals surface area contributed by atoms with Crippen molar-refractivity contribution in [3.63, 3.8) is 0 Å². The Labute approximate surface area is 198 Å². The molecule has 0 aliphatic carbocycles. The number of benzene rings is 2. The van der Waals surface area contributed by atoms with E-state index in [1.165, 1.54) is 53.2 Å². The number of halogens is 3. The normalized spacial score (nSPS) is 17.5. The number of ether oxygens (including phenoxy) is 1. The molecule has 11 heteroatoms. The van der Waals surface area contributed by atoms with Crippen molar-refractivity contribution in [2.24, 2.45) is 0 Å². The molecular weight excluding hydrogens is 463 g/mol. The highest BCUT2D eigenvalue weighted by Crippen LogP contribution is 2.36. The molecule has 0 saturated heterocycles. The maximum absolute atomic E-state index is 13.5. The summed E-state index contributed by atoms with van der Waals surface area (Å²) in [6.07, 6.45) is -3.15. The van der Waals surface area contributed by atoms with Crippen LogP contribution in [0.5, 0.6) is 5.75 Å². The Morgan fingerprint density at radius 2 is 1.83 bits per heavy atom. The molecule has 1 aliphatic rings. The summed E-state index contributed by atoms with van der Waals surface area (Å²) < 4.78 is 45.5. The first kappa shape index (κ1) is 23.8. The minimum atomic E-state index is -4.49. The minimum Gasteiger partial charge on any atom is -0.495 e. The van der Waals surface area contributed by atoms with Crippen molar-refractivity contribution in [2.45, 2.75) is 32.1 Å². The van der Waals surface area contributed by atoms with Crippen LogP contribution in [0, 0.1) is 11.3 Å². The molecule has 2 amide bonds. The van der Waals surface area contributed by atoms with E-state index >= 15 is 0 Å². The number of carbonyl (C=O) groups is 2. The highest BCUT2D eigenvalue weighted by Gasteiger charge is 2.39. The average Bonchev–Trinajstić information content (AvgIpc) is 3.26. The quantitative estimate of drug-likeness (QED) is 0.583. The van der Waals surface area contributed by atoms with E-state index in [2.05, 4.69) is 10.4 Å². The number of nitrogens with zero attached hydrogens (tertiary/aromatic N) is 4. The number of fused-ring (bicyclic) bond motifs is 1. The predicted octanol–water partition coefficient (Wildman–Crippen LogP) is 4.64. The third-order valence-electron chi connectivity index (χ3n) is 6.01. The zero-order valence-electron chi connectivity index (χ0n) is 18.9. The lowest BCUT2D eigenvalue weighted by molar-refractivity contribution is -0.137. The summed E-state index contributed by atoms with van der Waals surface area (Å²) in [5.41, 5.74) is 0.0557. The van der Waals surface area contributed by atoms with Gasteiger partial charge in [-0.2, -0.15) is 23.5 Å². The van der Waals surface area contributed by atoms with Crippen molar-refractivity contribution in [2.75, 3.05) is 17.3 Å². The summed E-state index contributed by atoms with van der Waals surface area (Å²) in [5.74, 6) is -0.771. The van der Waals surface area contributed by atoms with Crippen LogP contribution in [0.3, 0.4) is 0 Å². The molecule has 0 radical (unpaired) electrons. The molecule has 180 valence electrons. The third-order valence-corrected chi connectivity index (χ3v) is 6.01. The number of nitriles is 1. The molecule has 2 atom stereocenters. The molecule has 0 spiro atoms. The molecule has 0 bridgehead atoms. The van der Waals surface area contributed by atoms with Crippen LogP contribution in [-0.2, 0) is 6.18 Å². The second kappa shape index (κ2) is 8.79. The first-order valence-electron chi connectivity index (χ1n) is 10.5. The van der Waals surface area contributed by atoms with Gasteiger partial charge in [-0.05, 0) is 56.3 Å². The van der Waals surface area contributed by atoms with Gasteiger partial charge in [0, 0.05) is 11.3 Å². The topological polar surface area (TPSA) is 100 Å². The van der Waals surface area contributed by atoms with E-state index in [-0.39, 0.29) is 28.6 Å². The number of rotatable bonds is 4. The van der Waals surface area contributed by atoms with Crippen LogP contribution >= 0.6 is 0 Å². The van der Waals surface area contributed by atoms with E-state index in [0.29, 0.717) is 11.4 Å². The van der Waals surface area contributed by atoms with Crippen molar-refractivity contribution < 1.29 is 27.5 Å². The van der Waals surface area contributed by atoms with Gasteiger partial charge in [0.2, 0.25) is 0 Å². The van der Waals surface area contributed by atoms with Crippen molar-refractivity contribution in [1.29, 1.82) is 5.26 Å². The number of carbonyl (C=O) groups excluding carboxylic acids is 2. The zero-order valence-corrected chi connectivity index (χ0v) is 18.9. The van der Waals surface area contributed by atoms with Crippen LogP contribution in [-0.4, -0.2) is 34.7 Å². The summed E-state index contributed by atoms with van der Waals surface area (Å²) in [5, 5.41) is 16.2. The Morgan fingerprint density at radius 3 is 2.43 bits per heavy atom. The summed E-state index contributed by atoms with van der Waals surface area (Å²) in [6.45, 7) is 3.59. The van der Waals surface area contributed by atoms with Gasteiger partial charge in [-0.25, -0.2) is 0 Å². The molecule has 0 unspecified atom stereocenters. The Hall–Kier alpha value is -4.33.